The van der Waals surface area contributed by atoms with Gasteiger partial charge in [-0.05, 0) is 30.7 Å². The zero-order valence-corrected chi connectivity index (χ0v) is 15.3. The maximum Gasteiger partial charge on any atom is 0.321 e. The van der Waals surface area contributed by atoms with Crippen LogP contribution in [-0.2, 0) is 0 Å². The van der Waals surface area contributed by atoms with Crippen LogP contribution in [-0.4, -0.2) is 40.3 Å². The molecule has 2 heterocycles. The van der Waals surface area contributed by atoms with Crippen LogP contribution in [0.5, 0.6) is 5.88 Å². The number of piperidine rings is 1. The summed E-state index contributed by atoms with van der Waals surface area (Å²) < 4.78 is 6.10. The first kappa shape index (κ1) is 17.3. The molecule has 1 aromatic heterocycles. The van der Waals surface area contributed by atoms with E-state index in [2.05, 4.69) is 15.5 Å². The second-order valence-electron chi connectivity index (χ2n) is 6.84. The third-order valence-electron chi connectivity index (χ3n) is 4.81. The monoisotopic (exact) mass is 362 g/mol. The largest absolute Gasteiger partial charge is 0.473 e. The van der Waals surface area contributed by atoms with Crippen molar-refractivity contribution < 1.29 is 9.53 Å². The highest BCUT2D eigenvalue weighted by atomic mass is 16.5. The Morgan fingerprint density at radius 2 is 1.96 bits per heavy atom. The predicted octanol–water partition coefficient (Wildman–Crippen LogP) is 4.01. The van der Waals surface area contributed by atoms with Gasteiger partial charge in [-0.25, -0.2) is 4.79 Å². The first-order valence-corrected chi connectivity index (χ1v) is 9.19. The summed E-state index contributed by atoms with van der Waals surface area (Å²) in [5.41, 5.74) is 1.94. The molecule has 3 aromatic rings. The number of carbonyl (C=O) groups excluding carboxylic acids is 1. The van der Waals surface area contributed by atoms with Crippen molar-refractivity contribution in [3.05, 3.63) is 60.3 Å². The fraction of sp³-hybridized carbons (Fsp3) is 0.286. The van der Waals surface area contributed by atoms with E-state index in [0.29, 0.717) is 19.0 Å². The molecule has 1 aliphatic heterocycles. The number of ether oxygens (including phenoxy) is 1. The minimum Gasteiger partial charge on any atom is -0.473 e. The van der Waals surface area contributed by atoms with Crippen LogP contribution in [0.25, 0.3) is 10.8 Å². The molecule has 0 spiro atoms. The van der Waals surface area contributed by atoms with E-state index in [9.17, 15) is 4.79 Å². The number of urea groups is 1. The topological polar surface area (TPSA) is 67.4 Å². The van der Waals surface area contributed by atoms with Gasteiger partial charge in [-0.2, -0.15) is 5.10 Å². The molecule has 0 aliphatic carbocycles. The molecule has 1 saturated heterocycles. The third-order valence-corrected chi connectivity index (χ3v) is 4.81. The summed E-state index contributed by atoms with van der Waals surface area (Å²) in [4.78, 5) is 14.3. The molecule has 1 N–H and O–H groups in total. The number of nitrogens with zero attached hydrogens (tertiary/aromatic N) is 3. The van der Waals surface area contributed by atoms with Gasteiger partial charge in [-0.1, -0.05) is 30.3 Å². The lowest BCUT2D eigenvalue weighted by molar-refractivity contribution is 0.112. The first-order chi connectivity index (χ1) is 13.2. The number of benzene rings is 2. The number of carbonyl (C=O) groups is 1. The molecule has 2 amide bonds. The van der Waals surface area contributed by atoms with Crippen LogP contribution in [0.4, 0.5) is 10.5 Å². The molecule has 0 radical (unpaired) electrons. The van der Waals surface area contributed by atoms with Crippen molar-refractivity contribution in [2.24, 2.45) is 0 Å². The molecule has 6 nitrogen and oxygen atoms in total. The average molecular weight is 362 g/mol. The van der Waals surface area contributed by atoms with E-state index in [1.165, 1.54) is 0 Å². The zero-order valence-electron chi connectivity index (χ0n) is 15.3. The van der Waals surface area contributed by atoms with Crippen molar-refractivity contribution in [1.29, 1.82) is 0 Å². The molecule has 0 atom stereocenters. The van der Waals surface area contributed by atoms with Gasteiger partial charge in [0.05, 0.1) is 6.20 Å². The lowest BCUT2D eigenvalue weighted by Crippen LogP contribution is -2.43. The predicted molar refractivity (Wildman–Crippen MR) is 105 cm³/mol. The fourth-order valence-corrected chi connectivity index (χ4v) is 3.35. The number of fused-ring (bicyclic) bond motifs is 1. The van der Waals surface area contributed by atoms with E-state index in [4.69, 9.17) is 4.74 Å². The van der Waals surface area contributed by atoms with Crippen molar-refractivity contribution >= 4 is 22.5 Å². The van der Waals surface area contributed by atoms with Gasteiger partial charge in [0.15, 0.2) is 0 Å². The second-order valence-corrected chi connectivity index (χ2v) is 6.84. The van der Waals surface area contributed by atoms with Gasteiger partial charge in [0.1, 0.15) is 6.10 Å². The standard InChI is InChI=1S/C21H22N4O2/c1-15-5-4-7-17(13-15)23-21(26)25-11-9-18(10-12-25)27-20-19-8-3-2-6-16(19)14-22-24-20/h2-8,13-14,18H,9-12H2,1H3,(H,23,26). The van der Waals surface area contributed by atoms with Crippen LogP contribution in [0.1, 0.15) is 18.4 Å². The Kier molecular flexibility index (Phi) is 4.87. The van der Waals surface area contributed by atoms with Gasteiger partial charge < -0.3 is 15.0 Å². The van der Waals surface area contributed by atoms with Gasteiger partial charge in [-0.3, -0.25) is 0 Å². The number of aryl methyl sites for hydroxylation is 1. The fourth-order valence-electron chi connectivity index (χ4n) is 3.35. The Morgan fingerprint density at radius 1 is 1.15 bits per heavy atom. The van der Waals surface area contributed by atoms with E-state index < -0.39 is 0 Å². The summed E-state index contributed by atoms with van der Waals surface area (Å²) in [5, 5.41) is 13.1. The van der Waals surface area contributed by atoms with Crippen LogP contribution in [0.2, 0.25) is 0 Å². The minimum absolute atomic E-state index is 0.0353. The summed E-state index contributed by atoms with van der Waals surface area (Å²) in [6.45, 7) is 3.32. The second kappa shape index (κ2) is 7.61. The van der Waals surface area contributed by atoms with E-state index in [-0.39, 0.29) is 12.1 Å². The quantitative estimate of drug-likeness (QED) is 0.764. The number of rotatable bonds is 3. The lowest BCUT2D eigenvalue weighted by atomic mass is 10.1. The van der Waals surface area contributed by atoms with Crippen molar-refractivity contribution in [3.63, 3.8) is 0 Å². The Balaban J connectivity index is 1.35. The molecule has 138 valence electrons. The number of hydrogen-bond donors (Lipinski definition) is 1. The highest BCUT2D eigenvalue weighted by Crippen LogP contribution is 2.25. The number of anilines is 1. The number of aromatic nitrogens is 2. The van der Waals surface area contributed by atoms with Crippen molar-refractivity contribution in [1.82, 2.24) is 15.1 Å². The molecular weight excluding hydrogens is 340 g/mol. The average Bonchev–Trinajstić information content (AvgIpc) is 2.69. The van der Waals surface area contributed by atoms with E-state index in [0.717, 1.165) is 34.9 Å². The van der Waals surface area contributed by atoms with Crippen LogP contribution in [0.15, 0.2) is 54.7 Å². The molecule has 6 heteroatoms. The van der Waals surface area contributed by atoms with E-state index in [1.54, 1.807) is 6.20 Å². The van der Waals surface area contributed by atoms with Gasteiger partial charge in [0.25, 0.3) is 0 Å². The third kappa shape index (κ3) is 4.00. The Hall–Kier alpha value is -3.15. The Bertz CT molecular complexity index is 946. The summed E-state index contributed by atoms with van der Waals surface area (Å²) in [7, 11) is 0. The molecule has 4 rings (SSSR count). The number of nitrogens with one attached hydrogen (secondary N) is 1. The highest BCUT2D eigenvalue weighted by Gasteiger charge is 2.25. The molecule has 0 bridgehead atoms. The van der Waals surface area contributed by atoms with Crippen LogP contribution in [0.3, 0.4) is 0 Å². The summed E-state index contributed by atoms with van der Waals surface area (Å²) >= 11 is 0. The normalized spacial score (nSPS) is 14.9. The summed E-state index contributed by atoms with van der Waals surface area (Å²) in [6, 6.07) is 15.7. The van der Waals surface area contributed by atoms with E-state index >= 15 is 0 Å². The van der Waals surface area contributed by atoms with Crippen LogP contribution in [0, 0.1) is 6.92 Å². The lowest BCUT2D eigenvalue weighted by Gasteiger charge is -2.32. The highest BCUT2D eigenvalue weighted by molar-refractivity contribution is 5.89. The zero-order chi connectivity index (χ0) is 18.6. The molecule has 1 aliphatic rings. The summed E-state index contributed by atoms with van der Waals surface area (Å²) in [6.07, 6.45) is 3.31. The van der Waals surface area contributed by atoms with Crippen LogP contribution < -0.4 is 10.1 Å². The van der Waals surface area contributed by atoms with Gasteiger partial charge >= 0.3 is 6.03 Å². The maximum atomic E-state index is 12.5. The Labute approximate surface area is 158 Å². The summed E-state index contributed by atoms with van der Waals surface area (Å²) in [5.74, 6) is 0.566. The molecular formula is C21H22N4O2. The van der Waals surface area contributed by atoms with Crippen molar-refractivity contribution in [2.75, 3.05) is 18.4 Å². The number of amides is 2. The molecule has 0 unspecified atom stereocenters. The van der Waals surface area contributed by atoms with Crippen molar-refractivity contribution in [2.45, 2.75) is 25.9 Å². The van der Waals surface area contributed by atoms with Crippen LogP contribution >= 0.6 is 0 Å². The van der Waals surface area contributed by atoms with Gasteiger partial charge in [0, 0.05) is 42.4 Å². The number of hydrogen-bond acceptors (Lipinski definition) is 4. The maximum absolute atomic E-state index is 12.5. The Morgan fingerprint density at radius 3 is 2.78 bits per heavy atom. The smallest absolute Gasteiger partial charge is 0.321 e. The van der Waals surface area contributed by atoms with Gasteiger partial charge in [-0.15, -0.1) is 5.10 Å². The molecule has 27 heavy (non-hydrogen) atoms. The molecule has 1 fully saturated rings. The number of likely N-dealkylation sites (tertiary alicyclic amines) is 1. The minimum atomic E-state index is -0.0657. The van der Waals surface area contributed by atoms with Gasteiger partial charge in [0.2, 0.25) is 5.88 Å². The first-order valence-electron chi connectivity index (χ1n) is 9.19. The van der Waals surface area contributed by atoms with Crippen molar-refractivity contribution in [3.8, 4) is 5.88 Å². The van der Waals surface area contributed by atoms with E-state index in [1.807, 2.05) is 60.4 Å². The SMILES string of the molecule is Cc1cccc(NC(=O)N2CCC(Oc3nncc4ccccc34)CC2)c1. The molecule has 0 saturated carbocycles. The molecule has 2 aromatic carbocycles.